The standard InChI is InChI=1S/C21H22N2O4/c1-2-22(12-15-6-4-3-5-7-15)21(25)16-10-20(24)23(13-16)17-8-9-18-19(11-17)27-14-26-18/h3-9,11,16H,2,10,12-14H2,1H3. The number of benzene rings is 2. The zero-order valence-electron chi connectivity index (χ0n) is 15.3. The van der Waals surface area contributed by atoms with Gasteiger partial charge < -0.3 is 19.3 Å². The summed E-state index contributed by atoms with van der Waals surface area (Å²) >= 11 is 0. The summed E-state index contributed by atoms with van der Waals surface area (Å²) in [6.45, 7) is 3.72. The number of rotatable bonds is 5. The van der Waals surface area contributed by atoms with Gasteiger partial charge in [-0.2, -0.15) is 0 Å². The van der Waals surface area contributed by atoms with Crippen LogP contribution in [0.3, 0.4) is 0 Å². The summed E-state index contributed by atoms with van der Waals surface area (Å²) in [5.41, 5.74) is 1.83. The van der Waals surface area contributed by atoms with E-state index in [-0.39, 0.29) is 30.9 Å². The predicted octanol–water partition coefficient (Wildman–Crippen LogP) is 2.82. The molecule has 0 spiro atoms. The molecule has 0 bridgehead atoms. The highest BCUT2D eigenvalue weighted by atomic mass is 16.7. The normalized spacial score (nSPS) is 18.0. The van der Waals surface area contributed by atoms with Gasteiger partial charge in [0.2, 0.25) is 18.6 Å². The van der Waals surface area contributed by atoms with Gasteiger partial charge in [-0.15, -0.1) is 0 Å². The quantitative estimate of drug-likeness (QED) is 0.816. The molecule has 2 aromatic carbocycles. The van der Waals surface area contributed by atoms with E-state index in [9.17, 15) is 9.59 Å². The second-order valence-corrected chi connectivity index (χ2v) is 6.78. The van der Waals surface area contributed by atoms with E-state index in [1.165, 1.54) is 0 Å². The first-order chi connectivity index (χ1) is 13.2. The molecule has 2 aromatic rings. The molecule has 1 saturated heterocycles. The second kappa shape index (κ2) is 7.31. The van der Waals surface area contributed by atoms with Crippen molar-refractivity contribution >= 4 is 17.5 Å². The van der Waals surface area contributed by atoms with Gasteiger partial charge in [-0.25, -0.2) is 0 Å². The number of ether oxygens (including phenoxy) is 2. The van der Waals surface area contributed by atoms with Crippen molar-refractivity contribution in [3.63, 3.8) is 0 Å². The van der Waals surface area contributed by atoms with Crippen LogP contribution < -0.4 is 14.4 Å². The smallest absolute Gasteiger partial charge is 0.231 e. The van der Waals surface area contributed by atoms with Gasteiger partial charge in [0.1, 0.15) is 0 Å². The topological polar surface area (TPSA) is 59.1 Å². The minimum Gasteiger partial charge on any atom is -0.454 e. The minimum absolute atomic E-state index is 0.0259. The highest BCUT2D eigenvalue weighted by Gasteiger charge is 2.37. The molecule has 1 atom stereocenters. The van der Waals surface area contributed by atoms with Crippen LogP contribution in [0.5, 0.6) is 11.5 Å². The molecular weight excluding hydrogens is 344 g/mol. The molecule has 0 N–H and O–H groups in total. The Balaban J connectivity index is 1.47. The number of carbonyl (C=O) groups excluding carboxylic acids is 2. The fourth-order valence-electron chi connectivity index (χ4n) is 3.58. The maximum absolute atomic E-state index is 13.0. The van der Waals surface area contributed by atoms with Crippen LogP contribution in [-0.4, -0.2) is 36.6 Å². The van der Waals surface area contributed by atoms with Crippen LogP contribution in [0.1, 0.15) is 18.9 Å². The van der Waals surface area contributed by atoms with Crippen molar-refractivity contribution in [1.29, 1.82) is 0 Å². The van der Waals surface area contributed by atoms with Gasteiger partial charge in [-0.1, -0.05) is 30.3 Å². The molecule has 140 valence electrons. The van der Waals surface area contributed by atoms with Crippen molar-refractivity contribution in [2.24, 2.45) is 5.92 Å². The van der Waals surface area contributed by atoms with E-state index in [0.29, 0.717) is 31.1 Å². The van der Waals surface area contributed by atoms with Crippen LogP contribution in [0, 0.1) is 5.92 Å². The zero-order valence-corrected chi connectivity index (χ0v) is 15.3. The molecule has 4 rings (SSSR count). The van der Waals surface area contributed by atoms with Crippen molar-refractivity contribution in [3.8, 4) is 11.5 Å². The maximum Gasteiger partial charge on any atom is 0.231 e. The second-order valence-electron chi connectivity index (χ2n) is 6.78. The van der Waals surface area contributed by atoms with Crippen molar-refractivity contribution in [2.45, 2.75) is 19.9 Å². The van der Waals surface area contributed by atoms with E-state index in [4.69, 9.17) is 9.47 Å². The molecule has 6 nitrogen and oxygen atoms in total. The molecule has 0 aliphatic carbocycles. The van der Waals surface area contributed by atoms with E-state index >= 15 is 0 Å². The SMILES string of the molecule is CCN(Cc1ccccc1)C(=O)C1CC(=O)N(c2ccc3c(c2)OCO3)C1. The molecule has 0 radical (unpaired) electrons. The minimum atomic E-state index is -0.327. The summed E-state index contributed by atoms with van der Waals surface area (Å²) in [5.74, 6) is 0.972. The lowest BCUT2D eigenvalue weighted by Gasteiger charge is -2.24. The molecule has 27 heavy (non-hydrogen) atoms. The highest BCUT2D eigenvalue weighted by molar-refractivity contribution is 6.00. The fraction of sp³-hybridized carbons (Fsp3) is 0.333. The maximum atomic E-state index is 13.0. The Labute approximate surface area is 158 Å². The van der Waals surface area contributed by atoms with Crippen LogP contribution in [0.25, 0.3) is 0 Å². The number of fused-ring (bicyclic) bond motifs is 1. The van der Waals surface area contributed by atoms with Gasteiger partial charge in [0.15, 0.2) is 11.5 Å². The van der Waals surface area contributed by atoms with Gasteiger partial charge in [-0.05, 0) is 24.6 Å². The Morgan fingerprint density at radius 3 is 2.70 bits per heavy atom. The lowest BCUT2D eigenvalue weighted by atomic mass is 10.1. The number of anilines is 1. The summed E-state index contributed by atoms with van der Waals surface area (Å²) < 4.78 is 10.7. The van der Waals surface area contributed by atoms with Crippen molar-refractivity contribution in [3.05, 3.63) is 54.1 Å². The van der Waals surface area contributed by atoms with E-state index in [1.54, 1.807) is 17.0 Å². The lowest BCUT2D eigenvalue weighted by molar-refractivity contribution is -0.136. The first kappa shape index (κ1) is 17.4. The van der Waals surface area contributed by atoms with Gasteiger partial charge in [0.25, 0.3) is 0 Å². The van der Waals surface area contributed by atoms with Gasteiger partial charge in [0.05, 0.1) is 5.92 Å². The molecule has 6 heteroatoms. The van der Waals surface area contributed by atoms with Crippen molar-refractivity contribution < 1.29 is 19.1 Å². The Hall–Kier alpha value is -3.02. The number of carbonyl (C=O) groups is 2. The van der Waals surface area contributed by atoms with E-state index in [2.05, 4.69) is 0 Å². The number of hydrogen-bond donors (Lipinski definition) is 0. The highest BCUT2D eigenvalue weighted by Crippen LogP contribution is 2.37. The first-order valence-corrected chi connectivity index (χ1v) is 9.18. The van der Waals surface area contributed by atoms with Crippen molar-refractivity contribution in [2.75, 3.05) is 24.8 Å². The fourth-order valence-corrected chi connectivity index (χ4v) is 3.58. The van der Waals surface area contributed by atoms with E-state index in [1.807, 2.05) is 48.2 Å². The summed E-state index contributed by atoms with van der Waals surface area (Å²) in [4.78, 5) is 29.0. The van der Waals surface area contributed by atoms with Crippen LogP contribution in [0.4, 0.5) is 5.69 Å². The van der Waals surface area contributed by atoms with Gasteiger partial charge in [-0.3, -0.25) is 9.59 Å². The molecule has 2 aliphatic rings. The summed E-state index contributed by atoms with van der Waals surface area (Å²) in [6, 6.07) is 15.3. The van der Waals surface area contributed by atoms with Crippen LogP contribution in [0.15, 0.2) is 48.5 Å². The summed E-state index contributed by atoms with van der Waals surface area (Å²) in [6.07, 6.45) is 0.235. The molecular formula is C21H22N2O4. The molecule has 1 unspecified atom stereocenters. The lowest BCUT2D eigenvalue weighted by Crippen LogP contribution is -2.37. The third-order valence-corrected chi connectivity index (χ3v) is 5.05. The van der Waals surface area contributed by atoms with E-state index < -0.39 is 0 Å². The predicted molar refractivity (Wildman–Crippen MR) is 101 cm³/mol. The average molecular weight is 366 g/mol. The number of nitrogens with zero attached hydrogens (tertiary/aromatic N) is 2. The summed E-state index contributed by atoms with van der Waals surface area (Å²) in [7, 11) is 0. The Kier molecular flexibility index (Phi) is 4.71. The molecule has 1 fully saturated rings. The van der Waals surface area contributed by atoms with Gasteiger partial charge >= 0.3 is 0 Å². The monoisotopic (exact) mass is 366 g/mol. The van der Waals surface area contributed by atoms with Crippen LogP contribution >= 0.6 is 0 Å². The molecule has 2 amide bonds. The Morgan fingerprint density at radius 1 is 1.15 bits per heavy atom. The Bertz CT molecular complexity index is 853. The molecule has 0 aromatic heterocycles. The molecule has 2 aliphatic heterocycles. The zero-order chi connectivity index (χ0) is 18.8. The van der Waals surface area contributed by atoms with E-state index in [0.717, 1.165) is 11.3 Å². The largest absolute Gasteiger partial charge is 0.454 e. The summed E-state index contributed by atoms with van der Waals surface area (Å²) in [5, 5.41) is 0. The van der Waals surface area contributed by atoms with Crippen LogP contribution in [-0.2, 0) is 16.1 Å². The number of hydrogen-bond acceptors (Lipinski definition) is 4. The number of amides is 2. The Morgan fingerprint density at radius 2 is 1.93 bits per heavy atom. The van der Waals surface area contributed by atoms with Crippen molar-refractivity contribution in [1.82, 2.24) is 4.90 Å². The third-order valence-electron chi connectivity index (χ3n) is 5.05. The molecule has 0 saturated carbocycles. The van der Waals surface area contributed by atoms with Gasteiger partial charge in [0, 0.05) is 37.8 Å². The van der Waals surface area contributed by atoms with Crippen LogP contribution in [0.2, 0.25) is 0 Å². The third kappa shape index (κ3) is 3.47. The molecule has 2 heterocycles. The first-order valence-electron chi connectivity index (χ1n) is 9.18. The average Bonchev–Trinajstić information content (AvgIpc) is 3.32.